The lowest BCUT2D eigenvalue weighted by atomic mass is 10.1. The number of amides is 1. The van der Waals surface area contributed by atoms with E-state index >= 15 is 0 Å². The number of hydrogen-bond donors (Lipinski definition) is 0. The van der Waals surface area contributed by atoms with Gasteiger partial charge in [0.1, 0.15) is 0 Å². The monoisotopic (exact) mass is 377 g/mol. The second-order valence-corrected chi connectivity index (χ2v) is 6.94. The number of nitrogens with zero attached hydrogens (tertiary/aromatic N) is 5. The normalized spacial score (nSPS) is 14.3. The van der Waals surface area contributed by atoms with Crippen LogP contribution >= 0.6 is 0 Å². The number of benzene rings is 1. The molecule has 0 atom stereocenters. The van der Waals surface area contributed by atoms with Gasteiger partial charge in [-0.05, 0) is 31.2 Å². The van der Waals surface area contributed by atoms with Gasteiger partial charge in [-0.3, -0.25) is 9.78 Å². The van der Waals surface area contributed by atoms with Gasteiger partial charge in [0.05, 0.1) is 0 Å². The Kier molecular flexibility index (Phi) is 5.32. The van der Waals surface area contributed by atoms with Crippen molar-refractivity contribution in [3.05, 3.63) is 60.2 Å². The lowest BCUT2D eigenvalue weighted by molar-refractivity contribution is -0.131. The van der Waals surface area contributed by atoms with E-state index in [0.717, 1.165) is 37.4 Å². The molecule has 1 amide bonds. The van der Waals surface area contributed by atoms with Gasteiger partial charge >= 0.3 is 0 Å². The Morgan fingerprint density at radius 1 is 1.00 bits per heavy atom. The average Bonchev–Trinajstić information content (AvgIpc) is 3.22. The molecular formula is C21H23N5O2. The minimum absolute atomic E-state index is 0.129. The Morgan fingerprint density at radius 3 is 2.43 bits per heavy atom. The SMILES string of the molecule is Cc1ccc(-c2nnc(CCC(=O)N3CCN(c4ccncc4)CC3)o2)cc1. The smallest absolute Gasteiger partial charge is 0.247 e. The molecule has 1 saturated heterocycles. The van der Waals surface area contributed by atoms with Gasteiger partial charge in [-0.15, -0.1) is 10.2 Å². The number of piperazine rings is 1. The van der Waals surface area contributed by atoms with Crippen LogP contribution in [0.15, 0.2) is 53.2 Å². The number of rotatable bonds is 5. The summed E-state index contributed by atoms with van der Waals surface area (Å²) in [5.74, 6) is 1.12. The van der Waals surface area contributed by atoms with Crippen molar-refractivity contribution in [1.82, 2.24) is 20.1 Å². The first-order valence-electron chi connectivity index (χ1n) is 9.51. The fourth-order valence-corrected chi connectivity index (χ4v) is 3.31. The first kappa shape index (κ1) is 18.2. The van der Waals surface area contributed by atoms with E-state index in [1.807, 2.05) is 48.2 Å². The number of aryl methyl sites for hydroxylation is 2. The summed E-state index contributed by atoms with van der Waals surface area (Å²) in [7, 11) is 0. The molecule has 7 heteroatoms. The zero-order chi connectivity index (χ0) is 19.3. The van der Waals surface area contributed by atoms with E-state index in [0.29, 0.717) is 24.6 Å². The molecule has 0 aliphatic carbocycles. The first-order chi connectivity index (χ1) is 13.7. The molecule has 1 aliphatic heterocycles. The molecule has 144 valence electrons. The minimum Gasteiger partial charge on any atom is -0.421 e. The Balaban J connectivity index is 1.28. The summed E-state index contributed by atoms with van der Waals surface area (Å²) in [6.45, 7) is 5.13. The van der Waals surface area contributed by atoms with Gasteiger partial charge in [-0.1, -0.05) is 17.7 Å². The standard InChI is InChI=1S/C21H23N5O2/c1-16-2-4-17(5-3-16)21-24-23-19(28-21)6-7-20(27)26-14-12-25(13-15-26)18-8-10-22-11-9-18/h2-5,8-11H,6-7,12-15H2,1H3. The molecule has 1 aliphatic rings. The van der Waals surface area contributed by atoms with Crippen molar-refractivity contribution in [3.8, 4) is 11.5 Å². The highest BCUT2D eigenvalue weighted by molar-refractivity contribution is 5.76. The van der Waals surface area contributed by atoms with E-state index in [9.17, 15) is 4.79 Å². The first-order valence-corrected chi connectivity index (χ1v) is 9.51. The second-order valence-electron chi connectivity index (χ2n) is 6.94. The Labute approximate surface area is 164 Å². The van der Waals surface area contributed by atoms with Gasteiger partial charge in [0.15, 0.2) is 0 Å². The predicted octanol–water partition coefficient (Wildman–Crippen LogP) is 2.72. The minimum atomic E-state index is 0.129. The van der Waals surface area contributed by atoms with Gasteiger partial charge in [-0.2, -0.15) is 0 Å². The van der Waals surface area contributed by atoms with Gasteiger partial charge in [0.25, 0.3) is 0 Å². The van der Waals surface area contributed by atoms with Crippen LogP contribution in [0.5, 0.6) is 0 Å². The second kappa shape index (κ2) is 8.21. The maximum Gasteiger partial charge on any atom is 0.247 e. The third-order valence-electron chi connectivity index (χ3n) is 4.98. The van der Waals surface area contributed by atoms with Gasteiger partial charge in [-0.25, -0.2) is 0 Å². The van der Waals surface area contributed by atoms with Crippen molar-refractivity contribution >= 4 is 11.6 Å². The molecule has 7 nitrogen and oxygen atoms in total. The summed E-state index contributed by atoms with van der Waals surface area (Å²) in [4.78, 5) is 20.8. The molecule has 2 aromatic heterocycles. The highest BCUT2D eigenvalue weighted by Gasteiger charge is 2.21. The molecule has 0 radical (unpaired) electrons. The summed E-state index contributed by atoms with van der Waals surface area (Å²) < 4.78 is 5.72. The van der Waals surface area contributed by atoms with E-state index in [4.69, 9.17) is 4.42 Å². The molecule has 0 unspecified atom stereocenters. The summed E-state index contributed by atoms with van der Waals surface area (Å²) >= 11 is 0. The van der Waals surface area contributed by atoms with E-state index in [2.05, 4.69) is 20.1 Å². The molecule has 1 aromatic carbocycles. The number of hydrogen-bond acceptors (Lipinski definition) is 6. The topological polar surface area (TPSA) is 75.4 Å². The van der Waals surface area contributed by atoms with Crippen LogP contribution < -0.4 is 4.90 Å². The van der Waals surface area contributed by atoms with Crippen LogP contribution in [-0.4, -0.2) is 52.2 Å². The molecule has 0 spiro atoms. The average molecular weight is 377 g/mol. The fraction of sp³-hybridized carbons (Fsp3) is 0.333. The molecule has 3 aromatic rings. The van der Waals surface area contributed by atoms with Crippen molar-refractivity contribution in [3.63, 3.8) is 0 Å². The number of pyridine rings is 1. The van der Waals surface area contributed by atoms with Crippen LogP contribution in [0.2, 0.25) is 0 Å². The molecule has 1 fully saturated rings. The largest absolute Gasteiger partial charge is 0.421 e. The Bertz CT molecular complexity index is 915. The highest BCUT2D eigenvalue weighted by atomic mass is 16.4. The zero-order valence-electron chi connectivity index (χ0n) is 15.9. The van der Waals surface area contributed by atoms with Crippen LogP contribution in [-0.2, 0) is 11.2 Å². The van der Waals surface area contributed by atoms with Crippen molar-refractivity contribution in [2.75, 3.05) is 31.1 Å². The van der Waals surface area contributed by atoms with Crippen molar-refractivity contribution in [2.45, 2.75) is 19.8 Å². The van der Waals surface area contributed by atoms with Gasteiger partial charge < -0.3 is 14.2 Å². The third kappa shape index (κ3) is 4.19. The number of carbonyl (C=O) groups is 1. The summed E-state index contributed by atoms with van der Waals surface area (Å²) in [5, 5.41) is 8.18. The van der Waals surface area contributed by atoms with E-state index < -0.39 is 0 Å². The van der Waals surface area contributed by atoms with Crippen LogP contribution in [0, 0.1) is 6.92 Å². The Hall–Kier alpha value is -3.22. The van der Waals surface area contributed by atoms with Crippen molar-refractivity contribution in [1.29, 1.82) is 0 Å². The number of anilines is 1. The van der Waals surface area contributed by atoms with Crippen LogP contribution in [0.3, 0.4) is 0 Å². The maximum absolute atomic E-state index is 12.5. The quantitative estimate of drug-likeness (QED) is 0.681. The Morgan fingerprint density at radius 2 is 1.71 bits per heavy atom. The molecule has 0 N–H and O–H groups in total. The number of carbonyl (C=O) groups excluding carboxylic acids is 1. The predicted molar refractivity (Wildman–Crippen MR) is 106 cm³/mol. The van der Waals surface area contributed by atoms with Crippen LogP contribution in [0.25, 0.3) is 11.5 Å². The van der Waals surface area contributed by atoms with Crippen molar-refractivity contribution in [2.24, 2.45) is 0 Å². The molecule has 28 heavy (non-hydrogen) atoms. The molecular weight excluding hydrogens is 354 g/mol. The number of aromatic nitrogens is 3. The summed E-state index contributed by atoms with van der Waals surface area (Å²) in [5.41, 5.74) is 3.22. The van der Waals surface area contributed by atoms with Gasteiger partial charge in [0.2, 0.25) is 17.7 Å². The van der Waals surface area contributed by atoms with Crippen LogP contribution in [0.4, 0.5) is 5.69 Å². The van der Waals surface area contributed by atoms with Crippen LogP contribution in [0.1, 0.15) is 17.9 Å². The van der Waals surface area contributed by atoms with Gasteiger partial charge in [0, 0.05) is 62.7 Å². The van der Waals surface area contributed by atoms with E-state index in [-0.39, 0.29) is 5.91 Å². The lowest BCUT2D eigenvalue weighted by Gasteiger charge is -2.36. The molecule has 4 rings (SSSR count). The maximum atomic E-state index is 12.5. The van der Waals surface area contributed by atoms with Crippen molar-refractivity contribution < 1.29 is 9.21 Å². The molecule has 0 saturated carbocycles. The molecule has 3 heterocycles. The lowest BCUT2D eigenvalue weighted by Crippen LogP contribution is -2.48. The summed E-state index contributed by atoms with van der Waals surface area (Å²) in [6, 6.07) is 11.9. The highest BCUT2D eigenvalue weighted by Crippen LogP contribution is 2.19. The summed E-state index contributed by atoms with van der Waals surface area (Å²) in [6.07, 6.45) is 4.43. The van der Waals surface area contributed by atoms with E-state index in [1.54, 1.807) is 12.4 Å². The fourth-order valence-electron chi connectivity index (χ4n) is 3.31. The molecule has 0 bridgehead atoms. The third-order valence-corrected chi connectivity index (χ3v) is 4.98. The van der Waals surface area contributed by atoms with E-state index in [1.165, 1.54) is 5.56 Å². The zero-order valence-corrected chi connectivity index (χ0v) is 15.9.